The van der Waals surface area contributed by atoms with Crippen LogP contribution in [0.5, 0.6) is 5.75 Å². The summed E-state index contributed by atoms with van der Waals surface area (Å²) < 4.78 is 5.85. The van der Waals surface area contributed by atoms with Crippen molar-refractivity contribution in [3.05, 3.63) is 29.3 Å². The summed E-state index contributed by atoms with van der Waals surface area (Å²) in [6.07, 6.45) is 2.83. The van der Waals surface area contributed by atoms with Crippen LogP contribution >= 0.6 is 11.6 Å². The molecule has 1 aliphatic carbocycles. The quantitative estimate of drug-likeness (QED) is 0.884. The molecule has 0 bridgehead atoms. The molecule has 1 aliphatic rings. The van der Waals surface area contributed by atoms with E-state index in [1.54, 1.807) is 6.07 Å². The number of benzene rings is 1. The molecule has 3 heteroatoms. The van der Waals surface area contributed by atoms with Crippen LogP contribution in [0, 0.1) is 17.8 Å². The first-order valence-electron chi connectivity index (χ1n) is 7.56. The molecule has 0 heterocycles. The van der Waals surface area contributed by atoms with Gasteiger partial charge in [0.25, 0.3) is 0 Å². The maximum Gasteiger partial charge on any atom is 0.122 e. The van der Waals surface area contributed by atoms with Gasteiger partial charge in [-0.25, -0.2) is 0 Å². The molecule has 20 heavy (non-hydrogen) atoms. The van der Waals surface area contributed by atoms with Crippen LogP contribution in [0.1, 0.15) is 40.0 Å². The van der Waals surface area contributed by atoms with Crippen molar-refractivity contribution in [2.45, 2.75) is 52.2 Å². The van der Waals surface area contributed by atoms with Gasteiger partial charge in [0.1, 0.15) is 11.9 Å². The number of hydrogen-bond donors (Lipinski definition) is 1. The van der Waals surface area contributed by atoms with Crippen LogP contribution in [-0.4, -0.2) is 17.3 Å². The lowest BCUT2D eigenvalue weighted by atomic mass is 9.73. The Bertz CT molecular complexity index is 425. The van der Waals surface area contributed by atoms with E-state index < -0.39 is 6.10 Å². The predicted octanol–water partition coefficient (Wildman–Crippen LogP) is 4.54. The van der Waals surface area contributed by atoms with Gasteiger partial charge in [0.2, 0.25) is 0 Å². The van der Waals surface area contributed by atoms with Crippen molar-refractivity contribution in [3.8, 4) is 5.75 Å². The number of hydrogen-bond acceptors (Lipinski definition) is 2. The summed E-state index contributed by atoms with van der Waals surface area (Å²) in [7, 11) is 0. The molecule has 1 fully saturated rings. The molecular weight excluding hydrogens is 272 g/mol. The summed E-state index contributed by atoms with van der Waals surface area (Å²) in [5.41, 5.74) is 0. The fourth-order valence-electron chi connectivity index (χ4n) is 3.50. The van der Waals surface area contributed by atoms with Crippen molar-refractivity contribution >= 4 is 11.6 Å². The van der Waals surface area contributed by atoms with Crippen LogP contribution in [0.25, 0.3) is 0 Å². The van der Waals surface area contributed by atoms with Crippen LogP contribution < -0.4 is 4.74 Å². The molecule has 0 aromatic heterocycles. The molecule has 0 aliphatic heterocycles. The molecule has 0 spiro atoms. The van der Waals surface area contributed by atoms with Crippen molar-refractivity contribution in [2.75, 3.05) is 0 Å². The fraction of sp³-hybridized carbons (Fsp3) is 0.647. The maximum absolute atomic E-state index is 10.6. The van der Waals surface area contributed by atoms with Crippen LogP contribution in [0.4, 0.5) is 0 Å². The van der Waals surface area contributed by atoms with Gasteiger partial charge in [-0.15, -0.1) is 0 Å². The first-order valence-corrected chi connectivity index (χ1v) is 7.93. The Balaban J connectivity index is 1.96. The highest BCUT2D eigenvalue weighted by Gasteiger charge is 2.32. The van der Waals surface area contributed by atoms with Crippen molar-refractivity contribution in [1.82, 2.24) is 0 Å². The minimum atomic E-state index is -0.417. The monoisotopic (exact) mass is 296 g/mol. The third kappa shape index (κ3) is 4.13. The fourth-order valence-corrected chi connectivity index (χ4v) is 3.68. The van der Waals surface area contributed by atoms with E-state index in [2.05, 4.69) is 13.8 Å². The van der Waals surface area contributed by atoms with Gasteiger partial charge < -0.3 is 9.84 Å². The molecule has 1 N–H and O–H groups in total. The Labute approximate surface area is 127 Å². The number of halogens is 1. The molecule has 2 nitrogen and oxygen atoms in total. The second-order valence-corrected chi connectivity index (χ2v) is 6.88. The van der Waals surface area contributed by atoms with Gasteiger partial charge in [0, 0.05) is 5.02 Å². The molecule has 0 radical (unpaired) electrons. The normalized spacial score (nSPS) is 29.8. The van der Waals surface area contributed by atoms with Crippen LogP contribution in [0.2, 0.25) is 5.02 Å². The zero-order valence-electron chi connectivity index (χ0n) is 12.6. The van der Waals surface area contributed by atoms with Crippen molar-refractivity contribution in [3.63, 3.8) is 0 Å². The summed E-state index contributed by atoms with van der Waals surface area (Å²) in [6.45, 7) is 6.49. The lowest BCUT2D eigenvalue weighted by molar-refractivity contribution is -0.0189. The Morgan fingerprint density at radius 2 is 1.85 bits per heavy atom. The van der Waals surface area contributed by atoms with Crippen LogP contribution in [0.15, 0.2) is 24.3 Å². The van der Waals surface area contributed by atoms with Gasteiger partial charge in [-0.2, -0.15) is 0 Å². The molecule has 112 valence electrons. The number of rotatable bonds is 4. The van der Waals surface area contributed by atoms with Gasteiger partial charge >= 0.3 is 0 Å². The third-order valence-electron chi connectivity index (χ3n) is 4.30. The third-order valence-corrected chi connectivity index (χ3v) is 4.53. The van der Waals surface area contributed by atoms with Gasteiger partial charge in [0.15, 0.2) is 0 Å². The topological polar surface area (TPSA) is 29.5 Å². The number of aliphatic hydroxyl groups is 1. The molecule has 1 aromatic carbocycles. The lowest BCUT2D eigenvalue weighted by Crippen LogP contribution is -2.39. The SMILES string of the molecule is CC1CC(C)CC(C(O)C(C)Oc2cccc(Cl)c2)C1. The van der Waals surface area contributed by atoms with Crippen molar-refractivity contribution in [2.24, 2.45) is 17.8 Å². The number of ether oxygens (including phenoxy) is 1. The Kier molecular flexibility index (Phi) is 5.34. The highest BCUT2D eigenvalue weighted by atomic mass is 35.5. The highest BCUT2D eigenvalue weighted by Crippen LogP contribution is 2.36. The molecular formula is C17H25ClO2. The van der Waals surface area contributed by atoms with Crippen molar-refractivity contribution in [1.29, 1.82) is 0 Å². The first kappa shape index (κ1) is 15.7. The van der Waals surface area contributed by atoms with E-state index in [0.29, 0.717) is 22.8 Å². The first-order chi connectivity index (χ1) is 9.45. The van der Waals surface area contributed by atoms with E-state index in [4.69, 9.17) is 16.3 Å². The Hall–Kier alpha value is -0.730. The smallest absolute Gasteiger partial charge is 0.122 e. The molecule has 1 saturated carbocycles. The predicted molar refractivity (Wildman–Crippen MR) is 83.2 cm³/mol. The summed E-state index contributed by atoms with van der Waals surface area (Å²) in [4.78, 5) is 0. The highest BCUT2D eigenvalue weighted by molar-refractivity contribution is 6.30. The van der Waals surface area contributed by atoms with E-state index >= 15 is 0 Å². The second-order valence-electron chi connectivity index (χ2n) is 6.45. The van der Waals surface area contributed by atoms with Gasteiger partial charge in [-0.1, -0.05) is 31.5 Å². The average Bonchev–Trinajstić information content (AvgIpc) is 2.36. The van der Waals surface area contributed by atoms with E-state index in [9.17, 15) is 5.11 Å². The zero-order valence-corrected chi connectivity index (χ0v) is 13.3. The summed E-state index contributed by atoms with van der Waals surface area (Å²) >= 11 is 5.95. The molecule has 2 rings (SSSR count). The van der Waals surface area contributed by atoms with Gasteiger partial charge in [0.05, 0.1) is 6.10 Å². The van der Waals surface area contributed by atoms with E-state index in [0.717, 1.165) is 18.6 Å². The largest absolute Gasteiger partial charge is 0.488 e. The summed E-state index contributed by atoms with van der Waals surface area (Å²) in [5, 5.41) is 11.2. The van der Waals surface area contributed by atoms with Gasteiger partial charge in [-0.05, 0) is 62.1 Å². The zero-order chi connectivity index (χ0) is 14.7. The van der Waals surface area contributed by atoms with Gasteiger partial charge in [-0.3, -0.25) is 0 Å². The number of aliphatic hydroxyl groups excluding tert-OH is 1. The molecule has 4 unspecified atom stereocenters. The molecule has 4 atom stereocenters. The summed E-state index contributed by atoms with van der Waals surface area (Å²) in [5.74, 6) is 2.44. The van der Waals surface area contributed by atoms with Crippen LogP contribution in [-0.2, 0) is 0 Å². The standard InChI is InChI=1S/C17H25ClO2/c1-11-7-12(2)9-14(8-11)17(19)13(3)20-16-6-4-5-15(18)10-16/h4-6,10-14,17,19H,7-9H2,1-3H3. The van der Waals surface area contributed by atoms with E-state index in [1.807, 2.05) is 25.1 Å². The second kappa shape index (κ2) is 6.82. The average molecular weight is 297 g/mol. The van der Waals surface area contributed by atoms with Crippen LogP contribution in [0.3, 0.4) is 0 Å². The molecule has 0 saturated heterocycles. The van der Waals surface area contributed by atoms with E-state index in [-0.39, 0.29) is 6.10 Å². The van der Waals surface area contributed by atoms with E-state index in [1.165, 1.54) is 6.42 Å². The Morgan fingerprint density at radius 1 is 1.20 bits per heavy atom. The minimum absolute atomic E-state index is 0.212. The van der Waals surface area contributed by atoms with Crippen molar-refractivity contribution < 1.29 is 9.84 Å². The minimum Gasteiger partial charge on any atom is -0.488 e. The lowest BCUT2D eigenvalue weighted by Gasteiger charge is -2.36. The molecule has 1 aromatic rings. The maximum atomic E-state index is 10.6. The summed E-state index contributed by atoms with van der Waals surface area (Å²) in [6, 6.07) is 7.35. The molecule has 0 amide bonds. The Morgan fingerprint density at radius 3 is 2.45 bits per heavy atom.